The number of nitriles is 1. The lowest BCUT2D eigenvalue weighted by Gasteiger charge is -2.22. The van der Waals surface area contributed by atoms with Crippen molar-refractivity contribution in [2.75, 3.05) is 13.1 Å². The molecule has 1 aliphatic heterocycles. The van der Waals surface area contributed by atoms with E-state index in [1.807, 2.05) is 43.9 Å². The number of rotatable bonds is 8. The Morgan fingerprint density at radius 3 is 2.59 bits per heavy atom. The maximum absolute atomic E-state index is 12.8. The molecule has 204 valence electrons. The molecular formula is C30H35N5O4. The van der Waals surface area contributed by atoms with Crippen LogP contribution >= 0.6 is 0 Å². The van der Waals surface area contributed by atoms with Gasteiger partial charge in [-0.15, -0.1) is 0 Å². The van der Waals surface area contributed by atoms with Crippen molar-refractivity contribution in [2.45, 2.75) is 78.2 Å². The largest absolute Gasteiger partial charge is 0.460 e. The van der Waals surface area contributed by atoms with E-state index in [1.165, 1.54) is 5.56 Å². The first-order valence-electron chi connectivity index (χ1n) is 13.5. The maximum Gasteiger partial charge on any atom is 0.306 e. The number of aromatic nitrogens is 3. The van der Waals surface area contributed by atoms with E-state index in [-0.39, 0.29) is 24.7 Å². The summed E-state index contributed by atoms with van der Waals surface area (Å²) in [5.41, 5.74) is 4.49. The molecule has 0 saturated heterocycles. The number of hydrogen-bond acceptors (Lipinski definition) is 8. The van der Waals surface area contributed by atoms with Gasteiger partial charge in [0.1, 0.15) is 11.7 Å². The number of hydrogen-bond donors (Lipinski definition) is 0. The zero-order valence-corrected chi connectivity index (χ0v) is 23.1. The minimum Gasteiger partial charge on any atom is -0.460 e. The lowest BCUT2D eigenvalue weighted by molar-refractivity contribution is -0.156. The number of fused-ring (bicyclic) bond motifs is 1. The van der Waals surface area contributed by atoms with Gasteiger partial charge in [-0.1, -0.05) is 30.6 Å². The zero-order chi connectivity index (χ0) is 28.0. The smallest absolute Gasteiger partial charge is 0.306 e. The van der Waals surface area contributed by atoms with Crippen LogP contribution in [0.25, 0.3) is 22.8 Å². The normalized spacial score (nSPS) is 13.4. The highest BCUT2D eigenvalue weighted by Gasteiger charge is 2.22. The Hall–Kier alpha value is -4.06. The lowest BCUT2D eigenvalue weighted by atomic mass is 10.00. The fourth-order valence-corrected chi connectivity index (χ4v) is 4.58. The zero-order valence-electron chi connectivity index (χ0n) is 23.1. The van der Waals surface area contributed by atoms with Crippen molar-refractivity contribution >= 4 is 11.9 Å². The van der Waals surface area contributed by atoms with E-state index in [9.17, 15) is 14.9 Å². The van der Waals surface area contributed by atoms with Crippen molar-refractivity contribution in [3.05, 3.63) is 52.8 Å². The molecule has 3 aromatic rings. The molecule has 4 rings (SSSR count). The van der Waals surface area contributed by atoms with Gasteiger partial charge in [0.05, 0.1) is 23.2 Å². The van der Waals surface area contributed by atoms with Crippen molar-refractivity contribution in [1.82, 2.24) is 20.0 Å². The van der Waals surface area contributed by atoms with E-state index < -0.39 is 5.60 Å². The number of aryl methyl sites for hydroxylation is 1. The predicted octanol–water partition coefficient (Wildman–Crippen LogP) is 5.06. The number of carbonyl (C=O) groups is 2. The summed E-state index contributed by atoms with van der Waals surface area (Å²) in [7, 11) is 0. The number of unbranched alkanes of at least 4 members (excludes halogenated alkanes) is 1. The van der Waals surface area contributed by atoms with Gasteiger partial charge < -0.3 is 14.2 Å². The van der Waals surface area contributed by atoms with E-state index in [0.29, 0.717) is 42.4 Å². The van der Waals surface area contributed by atoms with E-state index in [2.05, 4.69) is 28.1 Å². The molecule has 0 saturated carbocycles. The van der Waals surface area contributed by atoms with Crippen molar-refractivity contribution in [3.63, 3.8) is 0 Å². The molecule has 9 nitrogen and oxygen atoms in total. The minimum absolute atomic E-state index is 0.0391. The van der Waals surface area contributed by atoms with E-state index in [1.54, 1.807) is 12.3 Å². The Kier molecular flexibility index (Phi) is 8.75. The van der Waals surface area contributed by atoms with Gasteiger partial charge in [0.2, 0.25) is 11.7 Å². The Morgan fingerprint density at radius 1 is 1.10 bits per heavy atom. The minimum atomic E-state index is -0.559. The van der Waals surface area contributed by atoms with Gasteiger partial charge in [0.15, 0.2) is 0 Å². The van der Waals surface area contributed by atoms with Crippen molar-refractivity contribution in [1.29, 1.82) is 5.26 Å². The van der Waals surface area contributed by atoms with E-state index in [4.69, 9.17) is 9.26 Å². The van der Waals surface area contributed by atoms with Crippen molar-refractivity contribution < 1.29 is 18.8 Å². The maximum atomic E-state index is 12.8. The lowest BCUT2D eigenvalue weighted by Crippen LogP contribution is -2.34. The Labute approximate surface area is 229 Å². The molecule has 0 fully saturated rings. The predicted molar refractivity (Wildman–Crippen MR) is 145 cm³/mol. The summed E-state index contributed by atoms with van der Waals surface area (Å²) in [4.78, 5) is 35.6. The first-order valence-corrected chi connectivity index (χ1v) is 13.5. The van der Waals surface area contributed by atoms with Gasteiger partial charge >= 0.3 is 5.97 Å². The number of esters is 1. The van der Waals surface area contributed by atoms with Crippen LogP contribution in [0.4, 0.5) is 0 Å². The fraction of sp³-hybridized carbons (Fsp3) is 0.467. The summed E-state index contributed by atoms with van der Waals surface area (Å²) in [5.74, 6) is 0.372. The standard InChI is InChI=1S/C30H35N5O4/c1-5-6-7-25-23(18-31)17-24(19-32-25)29-33-28(34-39-29)22-9-8-20-12-14-35(15-13-21(20)16-22)26(36)10-11-27(37)38-30(2,3)4/h8-9,16-17,19H,5-7,10-15H2,1-4H3. The highest BCUT2D eigenvalue weighted by Crippen LogP contribution is 2.27. The molecule has 0 unspecified atom stereocenters. The molecular weight excluding hydrogens is 494 g/mol. The summed E-state index contributed by atoms with van der Waals surface area (Å²) in [6.45, 7) is 8.73. The number of amides is 1. The molecule has 9 heteroatoms. The second kappa shape index (κ2) is 12.2. The molecule has 0 aliphatic carbocycles. The molecule has 0 radical (unpaired) electrons. The quantitative estimate of drug-likeness (QED) is 0.371. The molecule has 0 atom stereocenters. The molecule has 0 bridgehead atoms. The highest BCUT2D eigenvalue weighted by molar-refractivity contribution is 5.81. The first kappa shape index (κ1) is 28.0. The van der Waals surface area contributed by atoms with Crippen LogP contribution in [0, 0.1) is 11.3 Å². The number of carbonyl (C=O) groups excluding carboxylic acids is 2. The molecule has 39 heavy (non-hydrogen) atoms. The third-order valence-electron chi connectivity index (χ3n) is 6.61. The van der Waals surface area contributed by atoms with Gasteiger partial charge in [-0.05, 0) is 69.7 Å². The summed E-state index contributed by atoms with van der Waals surface area (Å²) in [6, 6.07) is 10.0. The molecule has 1 amide bonds. The number of nitrogens with zero attached hydrogens (tertiary/aromatic N) is 5. The van der Waals surface area contributed by atoms with Crippen LogP contribution in [0.5, 0.6) is 0 Å². The molecule has 1 aromatic carbocycles. The second-order valence-corrected chi connectivity index (χ2v) is 10.8. The Morgan fingerprint density at radius 2 is 1.87 bits per heavy atom. The van der Waals surface area contributed by atoms with Gasteiger partial charge in [0.25, 0.3) is 5.89 Å². The molecule has 0 spiro atoms. The Balaban J connectivity index is 1.42. The number of pyridine rings is 1. The second-order valence-electron chi connectivity index (χ2n) is 10.8. The van der Waals surface area contributed by atoms with Crippen molar-refractivity contribution in [3.8, 4) is 28.9 Å². The average Bonchev–Trinajstić information content (AvgIpc) is 3.30. The van der Waals surface area contributed by atoms with Crippen LogP contribution in [0.3, 0.4) is 0 Å². The SMILES string of the molecule is CCCCc1ncc(-c2nc(-c3ccc4c(c3)CCN(C(=O)CCC(=O)OC(C)(C)C)CC4)no2)cc1C#N. The van der Waals surface area contributed by atoms with E-state index >= 15 is 0 Å². The summed E-state index contributed by atoms with van der Waals surface area (Å²) >= 11 is 0. The van der Waals surface area contributed by atoms with Gasteiger partial charge in [-0.3, -0.25) is 14.6 Å². The van der Waals surface area contributed by atoms with Crippen LogP contribution in [0.15, 0.2) is 35.0 Å². The monoisotopic (exact) mass is 529 g/mol. The third kappa shape index (κ3) is 7.29. The van der Waals surface area contributed by atoms with E-state index in [0.717, 1.165) is 42.5 Å². The van der Waals surface area contributed by atoms with Crippen LogP contribution in [-0.2, 0) is 33.6 Å². The van der Waals surface area contributed by atoms with Gasteiger partial charge in [0, 0.05) is 31.3 Å². The topological polar surface area (TPSA) is 122 Å². The first-order chi connectivity index (χ1) is 18.7. The molecule has 1 aliphatic rings. The van der Waals surface area contributed by atoms with Crippen LogP contribution in [-0.4, -0.2) is 50.6 Å². The van der Waals surface area contributed by atoms with Crippen molar-refractivity contribution in [2.24, 2.45) is 0 Å². The van der Waals surface area contributed by atoms with Crippen LogP contribution in [0.1, 0.15) is 75.8 Å². The Bertz CT molecular complexity index is 1380. The number of benzene rings is 1. The summed E-state index contributed by atoms with van der Waals surface area (Å²) < 4.78 is 10.8. The summed E-state index contributed by atoms with van der Waals surface area (Å²) in [6.07, 6.45) is 6.09. The van der Waals surface area contributed by atoms with Crippen LogP contribution < -0.4 is 0 Å². The number of ether oxygens (including phenoxy) is 1. The van der Waals surface area contributed by atoms with Crippen LogP contribution in [0.2, 0.25) is 0 Å². The summed E-state index contributed by atoms with van der Waals surface area (Å²) in [5, 5.41) is 13.7. The molecule has 2 aromatic heterocycles. The third-order valence-corrected chi connectivity index (χ3v) is 6.61. The molecule has 3 heterocycles. The van der Waals surface area contributed by atoms with Gasteiger partial charge in [-0.2, -0.15) is 10.2 Å². The van der Waals surface area contributed by atoms with Gasteiger partial charge in [-0.25, -0.2) is 0 Å². The average molecular weight is 530 g/mol. The highest BCUT2D eigenvalue weighted by atomic mass is 16.6. The molecule has 0 N–H and O–H groups in total. The fourth-order valence-electron chi connectivity index (χ4n) is 4.58.